The van der Waals surface area contributed by atoms with E-state index in [1.807, 2.05) is 44.2 Å². The van der Waals surface area contributed by atoms with Gasteiger partial charge in [-0.1, -0.05) is 29.8 Å². The quantitative estimate of drug-likeness (QED) is 0.461. The Kier molecular flexibility index (Phi) is 8.42. The van der Waals surface area contributed by atoms with Gasteiger partial charge >= 0.3 is 0 Å². The Labute approximate surface area is 171 Å². The molecule has 0 aliphatic rings. The van der Waals surface area contributed by atoms with E-state index < -0.39 is 6.10 Å². The number of halogens is 1. The van der Waals surface area contributed by atoms with E-state index in [4.69, 9.17) is 21.1 Å². The summed E-state index contributed by atoms with van der Waals surface area (Å²) >= 11 is 6.16. The Morgan fingerprint density at radius 3 is 2.54 bits per heavy atom. The molecule has 152 valence electrons. The molecule has 3 N–H and O–H groups in total. The zero-order valence-electron chi connectivity index (χ0n) is 16.7. The molecule has 0 spiro atoms. The summed E-state index contributed by atoms with van der Waals surface area (Å²) in [5.41, 5.74) is 1.60. The second kappa shape index (κ2) is 10.8. The lowest BCUT2D eigenvalue weighted by molar-refractivity contribution is 0.187. The first-order valence-corrected chi connectivity index (χ1v) is 9.57. The molecule has 2 unspecified atom stereocenters. The van der Waals surface area contributed by atoms with E-state index in [0.717, 1.165) is 17.1 Å². The zero-order chi connectivity index (χ0) is 20.5. The summed E-state index contributed by atoms with van der Waals surface area (Å²) in [6.45, 7) is 4.87. The predicted octanol–water partition coefficient (Wildman–Crippen LogP) is 3.71. The maximum atomic E-state index is 10.4. The molecule has 0 aliphatic carbocycles. The Morgan fingerprint density at radius 2 is 1.89 bits per heavy atom. The van der Waals surface area contributed by atoms with Crippen LogP contribution in [0.15, 0.2) is 47.5 Å². The molecule has 28 heavy (non-hydrogen) atoms. The molecule has 0 aromatic heterocycles. The van der Waals surface area contributed by atoms with Crippen molar-refractivity contribution in [3.05, 3.63) is 58.6 Å². The molecular formula is C21H28ClN3O3. The molecule has 2 aromatic carbocycles. The summed E-state index contributed by atoms with van der Waals surface area (Å²) in [6.07, 6.45) is -0.786. The fraction of sp³-hybridized carbons (Fsp3) is 0.381. The van der Waals surface area contributed by atoms with Crippen LogP contribution in [0.4, 0.5) is 0 Å². The molecule has 7 heteroatoms. The molecule has 2 atom stereocenters. The van der Waals surface area contributed by atoms with Crippen molar-refractivity contribution >= 4 is 17.6 Å². The van der Waals surface area contributed by atoms with Crippen LogP contribution in [0.3, 0.4) is 0 Å². The lowest BCUT2D eigenvalue weighted by Gasteiger charge is -2.21. The van der Waals surface area contributed by atoms with Crippen molar-refractivity contribution in [2.24, 2.45) is 4.99 Å². The van der Waals surface area contributed by atoms with E-state index in [9.17, 15) is 5.11 Å². The lowest BCUT2D eigenvalue weighted by atomic mass is 10.1. The summed E-state index contributed by atoms with van der Waals surface area (Å²) in [4.78, 5) is 4.51. The highest BCUT2D eigenvalue weighted by molar-refractivity contribution is 6.31. The van der Waals surface area contributed by atoms with Crippen LogP contribution in [0.2, 0.25) is 5.02 Å². The van der Waals surface area contributed by atoms with Crippen LogP contribution in [-0.2, 0) is 0 Å². The second-order valence-electron chi connectivity index (χ2n) is 6.23. The summed E-state index contributed by atoms with van der Waals surface area (Å²) in [5.74, 6) is 2.10. The van der Waals surface area contributed by atoms with Gasteiger partial charge in [0.05, 0.1) is 26.8 Å². The first kappa shape index (κ1) is 21.9. The monoisotopic (exact) mass is 405 g/mol. The van der Waals surface area contributed by atoms with E-state index in [-0.39, 0.29) is 12.6 Å². The minimum absolute atomic E-state index is 0.0969. The Hall–Kier alpha value is -2.44. The summed E-state index contributed by atoms with van der Waals surface area (Å²) < 4.78 is 10.8. The van der Waals surface area contributed by atoms with Crippen molar-refractivity contribution in [1.82, 2.24) is 10.6 Å². The highest BCUT2D eigenvalue weighted by Crippen LogP contribution is 2.29. The Balaban J connectivity index is 2.15. The summed E-state index contributed by atoms with van der Waals surface area (Å²) in [5, 5.41) is 17.5. The van der Waals surface area contributed by atoms with E-state index in [2.05, 4.69) is 15.6 Å². The van der Waals surface area contributed by atoms with Crippen molar-refractivity contribution in [3.8, 4) is 11.5 Å². The summed E-state index contributed by atoms with van der Waals surface area (Å²) in [6, 6.07) is 12.8. The van der Waals surface area contributed by atoms with Crippen molar-refractivity contribution < 1.29 is 14.6 Å². The number of hydrogen-bond acceptors (Lipinski definition) is 4. The molecule has 6 nitrogen and oxygen atoms in total. The number of ether oxygens (including phenoxy) is 2. The average Bonchev–Trinajstić information content (AvgIpc) is 2.71. The Morgan fingerprint density at radius 1 is 1.14 bits per heavy atom. The minimum atomic E-state index is -0.786. The molecule has 0 heterocycles. The molecule has 0 amide bonds. The predicted molar refractivity (Wildman–Crippen MR) is 113 cm³/mol. The third kappa shape index (κ3) is 5.78. The zero-order valence-corrected chi connectivity index (χ0v) is 17.5. The Bertz CT molecular complexity index is 798. The highest BCUT2D eigenvalue weighted by Gasteiger charge is 2.15. The SMILES string of the molecule is CCNC(=NCC(O)c1ccccc1Cl)NC(C)c1cc(OC)ccc1OC. The maximum absolute atomic E-state index is 10.4. The van der Waals surface area contributed by atoms with Gasteiger partial charge in [0, 0.05) is 22.7 Å². The van der Waals surface area contributed by atoms with Gasteiger partial charge in [0.25, 0.3) is 0 Å². The lowest BCUT2D eigenvalue weighted by Crippen LogP contribution is -2.39. The van der Waals surface area contributed by atoms with Crippen LogP contribution in [-0.4, -0.2) is 38.4 Å². The number of methoxy groups -OCH3 is 2. The third-order valence-corrected chi connectivity index (χ3v) is 4.63. The number of aliphatic hydroxyl groups is 1. The number of guanidine groups is 1. The maximum Gasteiger partial charge on any atom is 0.191 e. The van der Waals surface area contributed by atoms with Gasteiger partial charge in [0.15, 0.2) is 5.96 Å². The minimum Gasteiger partial charge on any atom is -0.497 e. The molecule has 0 fully saturated rings. The molecule has 2 aromatic rings. The van der Waals surface area contributed by atoms with Gasteiger partial charge in [-0.25, -0.2) is 0 Å². The van der Waals surface area contributed by atoms with Gasteiger partial charge in [-0.15, -0.1) is 0 Å². The standard InChI is InChI=1S/C21H28ClN3O3/c1-5-23-21(24-13-19(26)16-8-6-7-9-18(16)22)25-14(2)17-12-15(27-3)10-11-20(17)28-4/h6-12,14,19,26H,5,13H2,1-4H3,(H2,23,24,25). The number of benzene rings is 2. The van der Waals surface area contributed by atoms with Gasteiger partial charge in [-0.05, 0) is 38.1 Å². The van der Waals surface area contributed by atoms with Crippen LogP contribution >= 0.6 is 11.6 Å². The molecule has 0 aliphatic heterocycles. The van der Waals surface area contributed by atoms with Gasteiger partial charge < -0.3 is 25.2 Å². The summed E-state index contributed by atoms with van der Waals surface area (Å²) in [7, 11) is 3.27. The van der Waals surface area contributed by atoms with Gasteiger partial charge in [-0.3, -0.25) is 4.99 Å². The van der Waals surface area contributed by atoms with Gasteiger partial charge in [-0.2, -0.15) is 0 Å². The van der Waals surface area contributed by atoms with Gasteiger partial charge in [0.2, 0.25) is 0 Å². The van der Waals surface area contributed by atoms with Crippen LogP contribution in [0.1, 0.15) is 37.1 Å². The van der Waals surface area contributed by atoms with E-state index in [1.165, 1.54) is 0 Å². The molecule has 2 rings (SSSR count). The molecule has 0 saturated heterocycles. The number of nitrogens with one attached hydrogen (secondary N) is 2. The van der Waals surface area contributed by atoms with E-state index in [0.29, 0.717) is 23.1 Å². The molecular weight excluding hydrogens is 378 g/mol. The number of aliphatic imine (C=N–C) groups is 1. The van der Waals surface area contributed by atoms with E-state index >= 15 is 0 Å². The average molecular weight is 406 g/mol. The van der Waals surface area contributed by atoms with Crippen LogP contribution < -0.4 is 20.1 Å². The van der Waals surface area contributed by atoms with Crippen molar-refractivity contribution in [1.29, 1.82) is 0 Å². The smallest absolute Gasteiger partial charge is 0.191 e. The fourth-order valence-corrected chi connectivity index (χ4v) is 3.06. The second-order valence-corrected chi connectivity index (χ2v) is 6.64. The third-order valence-electron chi connectivity index (χ3n) is 4.29. The number of nitrogens with zero attached hydrogens (tertiary/aromatic N) is 1. The van der Waals surface area contributed by atoms with Crippen molar-refractivity contribution in [2.75, 3.05) is 27.3 Å². The van der Waals surface area contributed by atoms with Crippen molar-refractivity contribution in [2.45, 2.75) is 26.0 Å². The molecule has 0 radical (unpaired) electrons. The molecule has 0 bridgehead atoms. The van der Waals surface area contributed by atoms with Crippen LogP contribution in [0.25, 0.3) is 0 Å². The van der Waals surface area contributed by atoms with Gasteiger partial charge in [0.1, 0.15) is 17.6 Å². The van der Waals surface area contributed by atoms with Crippen LogP contribution in [0, 0.1) is 0 Å². The fourth-order valence-electron chi connectivity index (χ4n) is 2.80. The topological polar surface area (TPSA) is 75.1 Å². The van der Waals surface area contributed by atoms with Crippen molar-refractivity contribution in [3.63, 3.8) is 0 Å². The highest BCUT2D eigenvalue weighted by atomic mass is 35.5. The van der Waals surface area contributed by atoms with E-state index in [1.54, 1.807) is 26.4 Å². The number of rotatable bonds is 8. The molecule has 0 saturated carbocycles. The first-order chi connectivity index (χ1) is 13.5. The van der Waals surface area contributed by atoms with Crippen LogP contribution in [0.5, 0.6) is 11.5 Å². The number of aliphatic hydroxyl groups excluding tert-OH is 1. The normalized spacial score (nSPS) is 13.6. The first-order valence-electron chi connectivity index (χ1n) is 9.19. The largest absolute Gasteiger partial charge is 0.497 e. The number of hydrogen-bond donors (Lipinski definition) is 3.